The van der Waals surface area contributed by atoms with E-state index in [1.54, 1.807) is 0 Å². The van der Waals surface area contributed by atoms with Gasteiger partial charge in [-0.2, -0.15) is 0 Å². The number of aromatic nitrogens is 2. The fourth-order valence-electron chi connectivity index (χ4n) is 3.15. The molecule has 3 rings (SSSR count). The summed E-state index contributed by atoms with van der Waals surface area (Å²) in [5.74, 6) is 1.99. The molecule has 0 bridgehead atoms. The van der Waals surface area contributed by atoms with Gasteiger partial charge in [-0.15, -0.1) is 0 Å². The maximum atomic E-state index is 6.04. The van der Waals surface area contributed by atoms with Gasteiger partial charge in [-0.25, -0.2) is 9.97 Å². The lowest BCUT2D eigenvalue weighted by molar-refractivity contribution is -0.0541. The molecule has 0 spiro atoms. The molecule has 0 amide bonds. The van der Waals surface area contributed by atoms with Gasteiger partial charge in [0.25, 0.3) is 0 Å². The number of anilines is 1. The number of fused-ring (bicyclic) bond motifs is 1. The fourth-order valence-corrected chi connectivity index (χ4v) is 3.98. The minimum absolute atomic E-state index is 0.0166. The Bertz CT molecular complexity index is 523. The van der Waals surface area contributed by atoms with E-state index in [9.17, 15) is 0 Å². The second-order valence-corrected chi connectivity index (χ2v) is 6.94. The van der Waals surface area contributed by atoms with E-state index in [0.29, 0.717) is 12.0 Å². The average Bonchev–Trinajstić information content (AvgIpc) is 2.94. The Kier molecular flexibility index (Phi) is 4.47. The smallest absolute Gasteiger partial charge is 0.161 e. The van der Waals surface area contributed by atoms with Crippen molar-refractivity contribution in [3.8, 4) is 0 Å². The van der Waals surface area contributed by atoms with Gasteiger partial charge in [0.05, 0.1) is 16.8 Å². The molecule has 6 heteroatoms. The van der Waals surface area contributed by atoms with Crippen molar-refractivity contribution < 1.29 is 4.74 Å². The largest absolute Gasteiger partial charge is 0.372 e. The first kappa shape index (κ1) is 15.2. The predicted octanol–water partition coefficient (Wildman–Crippen LogP) is 2.94. The molecule has 116 valence electrons. The van der Waals surface area contributed by atoms with Crippen molar-refractivity contribution in [2.75, 3.05) is 32.1 Å². The molecule has 1 aromatic rings. The second kappa shape index (κ2) is 6.18. The van der Waals surface area contributed by atoms with Crippen LogP contribution in [0.4, 0.5) is 5.82 Å². The number of rotatable bonds is 3. The van der Waals surface area contributed by atoms with E-state index in [0.717, 1.165) is 35.0 Å². The zero-order valence-corrected chi connectivity index (χ0v) is 14.5. The molecule has 0 aromatic carbocycles. The van der Waals surface area contributed by atoms with Crippen LogP contribution in [0.2, 0.25) is 0 Å². The lowest BCUT2D eigenvalue weighted by Gasteiger charge is -2.34. The van der Waals surface area contributed by atoms with Crippen LogP contribution < -0.4 is 5.32 Å². The van der Waals surface area contributed by atoms with E-state index in [4.69, 9.17) is 9.72 Å². The van der Waals surface area contributed by atoms with Gasteiger partial charge in [0.1, 0.15) is 11.9 Å². The van der Waals surface area contributed by atoms with E-state index < -0.39 is 0 Å². The van der Waals surface area contributed by atoms with Crippen LogP contribution in [0.5, 0.6) is 0 Å². The molecule has 2 atom stereocenters. The molecule has 0 radical (unpaired) electrons. The Morgan fingerprint density at radius 3 is 2.90 bits per heavy atom. The summed E-state index contributed by atoms with van der Waals surface area (Å²) in [4.78, 5) is 11.9. The topological polar surface area (TPSA) is 50.3 Å². The SMILES string of the molecule is CNc1nc(C2CN3CCCC3CO2)nc(C(C)C)c1Br. The Hall–Kier alpha value is -0.720. The van der Waals surface area contributed by atoms with Crippen LogP contribution in [-0.2, 0) is 4.74 Å². The molecule has 21 heavy (non-hydrogen) atoms. The third-order valence-corrected chi connectivity index (χ3v) is 5.14. The number of ether oxygens (including phenoxy) is 1. The first-order chi connectivity index (χ1) is 10.1. The van der Waals surface area contributed by atoms with E-state index in [2.05, 4.69) is 45.0 Å². The summed E-state index contributed by atoms with van der Waals surface area (Å²) in [5, 5.41) is 3.15. The maximum Gasteiger partial charge on any atom is 0.161 e. The molecule has 2 aliphatic rings. The van der Waals surface area contributed by atoms with E-state index in [1.165, 1.54) is 19.4 Å². The average molecular weight is 355 g/mol. The van der Waals surface area contributed by atoms with Gasteiger partial charge in [-0.1, -0.05) is 13.8 Å². The lowest BCUT2D eigenvalue weighted by Crippen LogP contribution is -2.43. The van der Waals surface area contributed by atoms with E-state index >= 15 is 0 Å². The van der Waals surface area contributed by atoms with E-state index in [-0.39, 0.29) is 6.10 Å². The van der Waals surface area contributed by atoms with Crippen LogP contribution in [-0.4, -0.2) is 47.7 Å². The highest BCUT2D eigenvalue weighted by Gasteiger charge is 2.34. The highest BCUT2D eigenvalue weighted by atomic mass is 79.9. The van der Waals surface area contributed by atoms with Crippen LogP contribution in [0.15, 0.2) is 4.47 Å². The Balaban J connectivity index is 1.89. The molecule has 2 unspecified atom stereocenters. The molecule has 1 N–H and O–H groups in total. The summed E-state index contributed by atoms with van der Waals surface area (Å²) in [6.07, 6.45) is 2.52. The molecule has 1 aromatic heterocycles. The quantitative estimate of drug-likeness (QED) is 0.904. The minimum Gasteiger partial charge on any atom is -0.372 e. The molecule has 0 saturated carbocycles. The van der Waals surface area contributed by atoms with Crippen molar-refractivity contribution in [2.24, 2.45) is 0 Å². The Morgan fingerprint density at radius 1 is 1.38 bits per heavy atom. The summed E-state index contributed by atoms with van der Waals surface area (Å²) >= 11 is 3.61. The molecule has 0 aliphatic carbocycles. The van der Waals surface area contributed by atoms with Crippen molar-refractivity contribution >= 4 is 21.7 Å². The summed E-state index contributed by atoms with van der Waals surface area (Å²) in [6, 6.07) is 0.602. The highest BCUT2D eigenvalue weighted by molar-refractivity contribution is 9.10. The number of nitrogens with one attached hydrogen (secondary N) is 1. The van der Waals surface area contributed by atoms with Gasteiger partial charge in [-0.3, -0.25) is 4.90 Å². The molecule has 2 fully saturated rings. The van der Waals surface area contributed by atoms with Gasteiger partial charge >= 0.3 is 0 Å². The van der Waals surface area contributed by atoms with Crippen LogP contribution in [0, 0.1) is 0 Å². The Labute approximate surface area is 134 Å². The van der Waals surface area contributed by atoms with Crippen molar-refractivity contribution in [2.45, 2.75) is 44.8 Å². The maximum absolute atomic E-state index is 6.04. The van der Waals surface area contributed by atoms with Crippen LogP contribution in [0.3, 0.4) is 0 Å². The first-order valence-electron chi connectivity index (χ1n) is 7.71. The molecular formula is C15H23BrN4O. The third-order valence-electron chi connectivity index (χ3n) is 4.36. The summed E-state index contributed by atoms with van der Waals surface area (Å²) in [6.45, 7) is 7.18. The van der Waals surface area contributed by atoms with Gasteiger partial charge < -0.3 is 10.1 Å². The minimum atomic E-state index is -0.0166. The van der Waals surface area contributed by atoms with Gasteiger partial charge in [0.15, 0.2) is 5.82 Å². The predicted molar refractivity (Wildman–Crippen MR) is 86.7 cm³/mol. The molecule has 5 nitrogen and oxygen atoms in total. The molecular weight excluding hydrogens is 332 g/mol. The van der Waals surface area contributed by atoms with E-state index in [1.807, 2.05) is 7.05 Å². The standard InChI is InChI=1S/C15H23BrN4O/c1-9(2)13-12(16)15(17-3)19-14(18-13)11-7-20-6-4-5-10(20)8-21-11/h9-11H,4-8H2,1-3H3,(H,17,18,19). The molecule has 2 aliphatic heterocycles. The number of hydrogen-bond donors (Lipinski definition) is 1. The highest BCUT2D eigenvalue weighted by Crippen LogP contribution is 2.33. The number of morpholine rings is 1. The zero-order chi connectivity index (χ0) is 15.0. The lowest BCUT2D eigenvalue weighted by atomic mass is 10.1. The summed E-state index contributed by atoms with van der Waals surface area (Å²) < 4.78 is 7.00. The van der Waals surface area contributed by atoms with Crippen molar-refractivity contribution in [1.82, 2.24) is 14.9 Å². The second-order valence-electron chi connectivity index (χ2n) is 6.15. The van der Waals surface area contributed by atoms with Gasteiger partial charge in [0, 0.05) is 19.6 Å². The van der Waals surface area contributed by atoms with Gasteiger partial charge in [0.2, 0.25) is 0 Å². The monoisotopic (exact) mass is 354 g/mol. The normalized spacial score (nSPS) is 26.1. The number of hydrogen-bond acceptors (Lipinski definition) is 5. The Morgan fingerprint density at radius 2 is 2.19 bits per heavy atom. The summed E-state index contributed by atoms with van der Waals surface area (Å²) in [7, 11) is 1.89. The van der Waals surface area contributed by atoms with Crippen LogP contribution in [0.25, 0.3) is 0 Å². The van der Waals surface area contributed by atoms with Crippen molar-refractivity contribution in [3.63, 3.8) is 0 Å². The third kappa shape index (κ3) is 2.94. The van der Waals surface area contributed by atoms with Crippen molar-refractivity contribution in [1.29, 1.82) is 0 Å². The van der Waals surface area contributed by atoms with Crippen LogP contribution >= 0.6 is 15.9 Å². The molecule has 2 saturated heterocycles. The van der Waals surface area contributed by atoms with Gasteiger partial charge in [-0.05, 0) is 41.2 Å². The van der Waals surface area contributed by atoms with Crippen molar-refractivity contribution in [3.05, 3.63) is 16.0 Å². The number of nitrogens with zero attached hydrogens (tertiary/aromatic N) is 3. The summed E-state index contributed by atoms with van der Waals surface area (Å²) in [5.41, 5.74) is 1.04. The first-order valence-corrected chi connectivity index (χ1v) is 8.50. The van der Waals surface area contributed by atoms with Crippen LogP contribution in [0.1, 0.15) is 50.2 Å². The molecule has 3 heterocycles. The number of halogens is 1. The zero-order valence-electron chi connectivity index (χ0n) is 12.9. The fraction of sp³-hybridized carbons (Fsp3) is 0.733.